The number of carbonyl (C=O) groups is 1. The van der Waals surface area contributed by atoms with Crippen LogP contribution in [0.5, 0.6) is 0 Å². The van der Waals surface area contributed by atoms with Crippen molar-refractivity contribution >= 4 is 5.97 Å². The molecule has 0 aliphatic heterocycles. The van der Waals surface area contributed by atoms with Crippen LogP contribution in [0, 0.1) is 6.92 Å². The van der Waals surface area contributed by atoms with Gasteiger partial charge in [0.05, 0.1) is 5.56 Å². The molecule has 0 N–H and O–H groups in total. The fourth-order valence-electron chi connectivity index (χ4n) is 2.02. The van der Waals surface area contributed by atoms with Crippen LogP contribution >= 0.6 is 0 Å². The second-order valence-electron chi connectivity index (χ2n) is 5.89. The predicted molar refractivity (Wildman–Crippen MR) is 81.8 cm³/mol. The standard InChI is InChI=1S/C18H20O2/c1-13-7-5-6-8-16(13)14-9-11-15(12-10-14)17(19)20-18(2,3)4/h5-12H,1-4H3. The largest absolute Gasteiger partial charge is 0.456 e. The Balaban J connectivity index is 2.23. The Morgan fingerprint density at radius 1 is 0.950 bits per heavy atom. The minimum absolute atomic E-state index is 0.283. The van der Waals surface area contributed by atoms with Crippen molar-refractivity contribution < 1.29 is 9.53 Å². The average molecular weight is 268 g/mol. The van der Waals surface area contributed by atoms with Gasteiger partial charge in [0, 0.05) is 0 Å². The highest BCUT2D eigenvalue weighted by molar-refractivity contribution is 5.90. The number of carbonyl (C=O) groups excluding carboxylic acids is 1. The Morgan fingerprint density at radius 2 is 1.55 bits per heavy atom. The summed E-state index contributed by atoms with van der Waals surface area (Å²) in [6.07, 6.45) is 0. The van der Waals surface area contributed by atoms with Gasteiger partial charge in [-0.3, -0.25) is 0 Å². The summed E-state index contributed by atoms with van der Waals surface area (Å²) in [7, 11) is 0. The van der Waals surface area contributed by atoms with E-state index in [0.29, 0.717) is 5.56 Å². The van der Waals surface area contributed by atoms with Gasteiger partial charge in [-0.05, 0) is 56.5 Å². The molecule has 0 unspecified atom stereocenters. The number of ether oxygens (including phenoxy) is 1. The second-order valence-corrected chi connectivity index (χ2v) is 5.89. The molecule has 2 aromatic rings. The number of esters is 1. The van der Waals surface area contributed by atoms with Gasteiger partial charge in [0.15, 0.2) is 0 Å². The molecule has 0 spiro atoms. The second kappa shape index (κ2) is 5.49. The number of hydrogen-bond donors (Lipinski definition) is 0. The molecule has 0 saturated heterocycles. The molecule has 104 valence electrons. The van der Waals surface area contributed by atoms with Crippen molar-refractivity contribution in [2.45, 2.75) is 33.3 Å². The summed E-state index contributed by atoms with van der Waals surface area (Å²) >= 11 is 0. The molecule has 0 bridgehead atoms. The zero-order valence-electron chi connectivity index (χ0n) is 12.4. The van der Waals surface area contributed by atoms with Crippen molar-refractivity contribution in [3.63, 3.8) is 0 Å². The lowest BCUT2D eigenvalue weighted by molar-refractivity contribution is 0.00696. The summed E-state index contributed by atoms with van der Waals surface area (Å²) < 4.78 is 5.35. The van der Waals surface area contributed by atoms with E-state index in [4.69, 9.17) is 4.74 Å². The lowest BCUT2D eigenvalue weighted by Crippen LogP contribution is -2.23. The Hall–Kier alpha value is -2.09. The number of rotatable bonds is 2. The van der Waals surface area contributed by atoms with Gasteiger partial charge in [-0.2, -0.15) is 0 Å². The summed E-state index contributed by atoms with van der Waals surface area (Å²) in [6.45, 7) is 7.68. The molecule has 2 aromatic carbocycles. The van der Waals surface area contributed by atoms with Crippen molar-refractivity contribution in [2.24, 2.45) is 0 Å². The van der Waals surface area contributed by atoms with Crippen LogP contribution in [0.2, 0.25) is 0 Å². The minimum atomic E-state index is -0.466. The van der Waals surface area contributed by atoms with Crippen molar-refractivity contribution in [1.82, 2.24) is 0 Å². The lowest BCUT2D eigenvalue weighted by Gasteiger charge is -2.19. The normalized spacial score (nSPS) is 11.2. The minimum Gasteiger partial charge on any atom is -0.456 e. The van der Waals surface area contributed by atoms with Crippen molar-refractivity contribution in [2.75, 3.05) is 0 Å². The van der Waals surface area contributed by atoms with E-state index in [1.54, 1.807) is 0 Å². The fraction of sp³-hybridized carbons (Fsp3) is 0.278. The molecule has 0 atom stereocenters. The van der Waals surface area contributed by atoms with Crippen LogP contribution in [0.3, 0.4) is 0 Å². The molecule has 2 heteroatoms. The van der Waals surface area contributed by atoms with Gasteiger partial charge in [-0.15, -0.1) is 0 Å². The summed E-state index contributed by atoms with van der Waals surface area (Å²) in [6, 6.07) is 15.8. The molecule has 20 heavy (non-hydrogen) atoms. The number of hydrogen-bond acceptors (Lipinski definition) is 2. The van der Waals surface area contributed by atoms with Gasteiger partial charge in [-0.25, -0.2) is 4.79 Å². The Labute approximate surface area is 120 Å². The Bertz CT molecular complexity index is 604. The van der Waals surface area contributed by atoms with E-state index in [0.717, 1.165) is 5.56 Å². The first-order valence-electron chi connectivity index (χ1n) is 6.76. The quantitative estimate of drug-likeness (QED) is 0.743. The first-order valence-corrected chi connectivity index (χ1v) is 6.76. The molecule has 2 nitrogen and oxygen atoms in total. The smallest absolute Gasteiger partial charge is 0.338 e. The van der Waals surface area contributed by atoms with Crippen LogP contribution in [0.4, 0.5) is 0 Å². The zero-order chi connectivity index (χ0) is 14.8. The Kier molecular flexibility index (Phi) is 3.93. The van der Waals surface area contributed by atoms with Crippen LogP contribution < -0.4 is 0 Å². The SMILES string of the molecule is Cc1ccccc1-c1ccc(C(=O)OC(C)(C)C)cc1. The van der Waals surface area contributed by atoms with Gasteiger partial charge in [0.2, 0.25) is 0 Å². The van der Waals surface area contributed by atoms with E-state index in [1.807, 2.05) is 57.2 Å². The van der Waals surface area contributed by atoms with Gasteiger partial charge >= 0.3 is 5.97 Å². The molecule has 0 aliphatic carbocycles. The summed E-state index contributed by atoms with van der Waals surface area (Å²) in [4.78, 5) is 12.0. The van der Waals surface area contributed by atoms with E-state index in [-0.39, 0.29) is 5.97 Å². The monoisotopic (exact) mass is 268 g/mol. The topological polar surface area (TPSA) is 26.3 Å². The Morgan fingerprint density at radius 3 is 2.10 bits per heavy atom. The molecule has 0 fully saturated rings. The molecule has 0 amide bonds. The third kappa shape index (κ3) is 3.47. The van der Waals surface area contributed by atoms with Crippen LogP contribution in [0.25, 0.3) is 11.1 Å². The zero-order valence-corrected chi connectivity index (χ0v) is 12.4. The van der Waals surface area contributed by atoms with Gasteiger partial charge in [0.25, 0.3) is 0 Å². The molecule has 0 aliphatic rings. The first kappa shape index (κ1) is 14.3. The summed E-state index contributed by atoms with van der Waals surface area (Å²) in [5.74, 6) is -0.283. The molecule has 0 radical (unpaired) electrons. The molecule has 0 heterocycles. The van der Waals surface area contributed by atoms with Crippen LogP contribution in [0.15, 0.2) is 48.5 Å². The molecule has 0 aromatic heterocycles. The third-order valence-electron chi connectivity index (χ3n) is 2.98. The summed E-state index contributed by atoms with van der Waals surface area (Å²) in [5, 5.41) is 0. The number of benzene rings is 2. The first-order chi connectivity index (χ1) is 9.37. The van der Waals surface area contributed by atoms with E-state index < -0.39 is 5.60 Å². The summed E-state index contributed by atoms with van der Waals surface area (Å²) in [5.41, 5.74) is 3.62. The fourth-order valence-corrected chi connectivity index (χ4v) is 2.02. The van der Waals surface area contributed by atoms with Crippen LogP contribution in [-0.4, -0.2) is 11.6 Å². The van der Waals surface area contributed by atoms with Crippen LogP contribution in [-0.2, 0) is 4.74 Å². The van der Waals surface area contributed by atoms with Gasteiger partial charge in [0.1, 0.15) is 5.60 Å². The molecular formula is C18H20O2. The maximum absolute atomic E-state index is 12.0. The van der Waals surface area contributed by atoms with Crippen LogP contribution in [0.1, 0.15) is 36.7 Å². The molecular weight excluding hydrogens is 248 g/mol. The predicted octanol–water partition coefficient (Wildman–Crippen LogP) is 4.62. The highest BCUT2D eigenvalue weighted by Crippen LogP contribution is 2.23. The highest BCUT2D eigenvalue weighted by atomic mass is 16.6. The highest BCUT2D eigenvalue weighted by Gasteiger charge is 2.17. The van der Waals surface area contributed by atoms with E-state index in [9.17, 15) is 4.79 Å². The van der Waals surface area contributed by atoms with Crippen molar-refractivity contribution in [3.05, 3.63) is 59.7 Å². The maximum Gasteiger partial charge on any atom is 0.338 e. The third-order valence-corrected chi connectivity index (χ3v) is 2.98. The average Bonchev–Trinajstić information content (AvgIpc) is 2.37. The van der Waals surface area contributed by atoms with Gasteiger partial charge in [-0.1, -0.05) is 36.4 Å². The van der Waals surface area contributed by atoms with Gasteiger partial charge < -0.3 is 4.74 Å². The van der Waals surface area contributed by atoms with Crippen molar-refractivity contribution in [3.8, 4) is 11.1 Å². The maximum atomic E-state index is 12.0. The number of aryl methyl sites for hydroxylation is 1. The molecule has 2 rings (SSSR count). The van der Waals surface area contributed by atoms with E-state index in [2.05, 4.69) is 19.1 Å². The van der Waals surface area contributed by atoms with E-state index >= 15 is 0 Å². The molecule has 0 saturated carbocycles. The van der Waals surface area contributed by atoms with Crippen molar-refractivity contribution in [1.29, 1.82) is 0 Å². The lowest BCUT2D eigenvalue weighted by atomic mass is 9.99. The van der Waals surface area contributed by atoms with E-state index in [1.165, 1.54) is 11.1 Å².